The van der Waals surface area contributed by atoms with Crippen molar-refractivity contribution in [3.8, 4) is 0 Å². The topological polar surface area (TPSA) is 70.5 Å². The fourth-order valence-corrected chi connectivity index (χ4v) is 4.35. The summed E-state index contributed by atoms with van der Waals surface area (Å²) in [5.41, 5.74) is 4.90. The summed E-state index contributed by atoms with van der Waals surface area (Å²) >= 11 is 0. The molecule has 6 nitrogen and oxygen atoms in total. The van der Waals surface area contributed by atoms with Crippen LogP contribution in [0.3, 0.4) is 0 Å². The molecule has 4 heterocycles. The summed E-state index contributed by atoms with van der Waals surface area (Å²) < 4.78 is 14.9. The van der Waals surface area contributed by atoms with Crippen molar-refractivity contribution in [2.45, 2.75) is 38.0 Å². The van der Waals surface area contributed by atoms with Crippen molar-refractivity contribution in [1.29, 1.82) is 0 Å². The van der Waals surface area contributed by atoms with Crippen LogP contribution in [-0.2, 0) is 0 Å². The molecule has 2 aliphatic carbocycles. The van der Waals surface area contributed by atoms with Crippen LogP contribution in [0.25, 0.3) is 0 Å². The van der Waals surface area contributed by atoms with Crippen molar-refractivity contribution in [1.82, 2.24) is 14.9 Å². The highest BCUT2D eigenvalue weighted by molar-refractivity contribution is 6.08. The molecule has 0 atom stereocenters. The van der Waals surface area contributed by atoms with Gasteiger partial charge in [-0.3, -0.25) is 14.8 Å². The van der Waals surface area contributed by atoms with E-state index in [0.717, 1.165) is 41.2 Å². The first-order valence-corrected chi connectivity index (χ1v) is 10.9. The van der Waals surface area contributed by atoms with Crippen molar-refractivity contribution < 1.29 is 9.18 Å². The van der Waals surface area contributed by atoms with E-state index in [-0.39, 0.29) is 11.5 Å². The molecule has 1 N–H and O–H groups in total. The molecular formula is C24H22FN5O. The van der Waals surface area contributed by atoms with E-state index in [1.807, 2.05) is 18.2 Å². The van der Waals surface area contributed by atoms with Crippen LogP contribution in [0, 0.1) is 11.9 Å². The molecule has 2 aromatic rings. The molecule has 4 aliphatic rings. The van der Waals surface area contributed by atoms with E-state index >= 15 is 0 Å². The first kappa shape index (κ1) is 18.4. The lowest BCUT2D eigenvalue weighted by Crippen LogP contribution is -2.38. The number of anilines is 2. The molecule has 0 unspecified atom stereocenters. The van der Waals surface area contributed by atoms with Crippen LogP contribution in [0.15, 0.2) is 59.0 Å². The summed E-state index contributed by atoms with van der Waals surface area (Å²) in [7, 11) is 0. The molecule has 1 amide bonds. The third kappa shape index (κ3) is 3.44. The fraction of sp³-hybridized carbons (Fsp3) is 0.333. The van der Waals surface area contributed by atoms with Gasteiger partial charge in [-0.25, -0.2) is 4.98 Å². The third-order valence-electron chi connectivity index (χ3n) is 6.26. The van der Waals surface area contributed by atoms with Crippen molar-refractivity contribution in [2.24, 2.45) is 10.9 Å². The Balaban J connectivity index is 1.23. The standard InChI is InChI=1S/C24H22FN5O/c25-23-18(6-8-21(29-23)28-16-5-7-19(27-13-16)14-1-2-14)24(31)30-12-10-20-17(9-11-26-20)22(30)15-3-4-15/h5-9,11,13-15H,1-4,10,12H2,(H,28,29). The van der Waals surface area contributed by atoms with Crippen LogP contribution in [0.1, 0.15) is 54.1 Å². The normalized spacial score (nSPS) is 20.0. The van der Waals surface area contributed by atoms with Gasteiger partial charge in [0.2, 0.25) is 5.95 Å². The maximum Gasteiger partial charge on any atom is 0.262 e. The average molecular weight is 415 g/mol. The first-order chi connectivity index (χ1) is 15.2. The van der Waals surface area contributed by atoms with E-state index in [4.69, 9.17) is 0 Å². The molecule has 31 heavy (non-hydrogen) atoms. The van der Waals surface area contributed by atoms with Crippen LogP contribution >= 0.6 is 0 Å². The number of rotatable bonds is 5. The van der Waals surface area contributed by atoms with Crippen LogP contribution in [0.5, 0.6) is 0 Å². The summed E-state index contributed by atoms with van der Waals surface area (Å²) in [4.78, 5) is 27.8. The van der Waals surface area contributed by atoms with Gasteiger partial charge >= 0.3 is 0 Å². The Hall–Kier alpha value is -3.35. The van der Waals surface area contributed by atoms with Crippen molar-refractivity contribution in [3.05, 3.63) is 71.2 Å². The molecule has 0 bridgehead atoms. The Morgan fingerprint density at radius 2 is 1.94 bits per heavy atom. The molecule has 2 saturated carbocycles. The molecule has 2 aromatic heterocycles. The number of halogens is 1. The Labute approximate surface area is 179 Å². The van der Waals surface area contributed by atoms with Gasteiger partial charge in [-0.05, 0) is 56.0 Å². The summed E-state index contributed by atoms with van der Waals surface area (Å²) in [5, 5.41) is 3.07. The smallest absolute Gasteiger partial charge is 0.262 e. The highest BCUT2D eigenvalue weighted by Crippen LogP contribution is 2.43. The zero-order valence-electron chi connectivity index (χ0n) is 17.0. The second-order valence-corrected chi connectivity index (χ2v) is 8.58. The van der Waals surface area contributed by atoms with Gasteiger partial charge in [0.25, 0.3) is 5.91 Å². The van der Waals surface area contributed by atoms with E-state index in [2.05, 4.69) is 20.3 Å². The number of nitrogens with zero attached hydrogens (tertiary/aromatic N) is 4. The van der Waals surface area contributed by atoms with E-state index in [1.165, 1.54) is 18.9 Å². The number of aromatic nitrogens is 2. The SMILES string of the molecule is O=C(c1ccc(Nc2ccc(C3CC3)nc2)nc1F)N1CCC2=NC=CC2=C1C1CC1. The van der Waals surface area contributed by atoms with Crippen LogP contribution in [-0.4, -0.2) is 33.0 Å². The monoisotopic (exact) mass is 415 g/mol. The lowest BCUT2D eigenvalue weighted by molar-refractivity contribution is 0.0792. The molecule has 0 spiro atoms. The van der Waals surface area contributed by atoms with Crippen molar-refractivity contribution in [3.63, 3.8) is 0 Å². The number of hydrogen-bond acceptors (Lipinski definition) is 5. The number of nitrogens with one attached hydrogen (secondary N) is 1. The molecule has 0 radical (unpaired) electrons. The predicted molar refractivity (Wildman–Crippen MR) is 116 cm³/mol. The first-order valence-electron chi connectivity index (χ1n) is 10.9. The van der Waals surface area contributed by atoms with Crippen molar-refractivity contribution >= 4 is 23.1 Å². The minimum atomic E-state index is -0.765. The molecule has 7 heteroatoms. The zero-order chi connectivity index (χ0) is 20.9. The summed E-state index contributed by atoms with van der Waals surface area (Å²) in [6.07, 6.45) is 10.7. The fourth-order valence-electron chi connectivity index (χ4n) is 4.35. The van der Waals surface area contributed by atoms with Crippen LogP contribution in [0.2, 0.25) is 0 Å². The van der Waals surface area contributed by atoms with Gasteiger partial charge in [-0.1, -0.05) is 0 Å². The van der Waals surface area contributed by atoms with Gasteiger partial charge < -0.3 is 10.2 Å². The number of allylic oxidation sites excluding steroid dienone is 3. The Kier molecular flexibility index (Phi) is 4.23. The van der Waals surface area contributed by atoms with Gasteiger partial charge in [0.15, 0.2) is 0 Å². The second kappa shape index (κ2) is 7.11. The Morgan fingerprint density at radius 3 is 2.65 bits per heavy atom. The lowest BCUT2D eigenvalue weighted by atomic mass is 9.97. The second-order valence-electron chi connectivity index (χ2n) is 8.58. The molecular weight excluding hydrogens is 393 g/mol. The molecule has 0 saturated heterocycles. The highest BCUT2D eigenvalue weighted by Gasteiger charge is 2.39. The average Bonchev–Trinajstić information content (AvgIpc) is 3.71. The quantitative estimate of drug-likeness (QED) is 0.718. The Morgan fingerprint density at radius 1 is 1.10 bits per heavy atom. The maximum atomic E-state index is 14.9. The third-order valence-corrected chi connectivity index (χ3v) is 6.26. The maximum absolute atomic E-state index is 14.9. The number of hydrogen-bond donors (Lipinski definition) is 1. The molecule has 2 aliphatic heterocycles. The minimum Gasteiger partial charge on any atom is -0.339 e. The van der Waals surface area contributed by atoms with Gasteiger partial charge in [-0.15, -0.1) is 0 Å². The zero-order valence-corrected chi connectivity index (χ0v) is 17.0. The Bertz CT molecular complexity index is 1160. The molecule has 2 fully saturated rings. The number of carbonyl (C=O) groups is 1. The number of carbonyl (C=O) groups excluding carboxylic acids is 1. The molecule has 156 valence electrons. The van der Waals surface area contributed by atoms with Crippen molar-refractivity contribution in [2.75, 3.05) is 11.9 Å². The highest BCUT2D eigenvalue weighted by atomic mass is 19.1. The van der Waals surface area contributed by atoms with Gasteiger partial charge in [-0.2, -0.15) is 4.39 Å². The van der Waals surface area contributed by atoms with E-state index < -0.39 is 5.95 Å². The number of fused-ring (bicyclic) bond motifs is 1. The number of pyridine rings is 2. The number of aliphatic imine (C=N–C) groups is 1. The van der Waals surface area contributed by atoms with E-state index in [9.17, 15) is 9.18 Å². The van der Waals surface area contributed by atoms with Crippen LogP contribution < -0.4 is 5.32 Å². The number of amides is 1. The van der Waals surface area contributed by atoms with E-state index in [0.29, 0.717) is 30.6 Å². The van der Waals surface area contributed by atoms with E-state index in [1.54, 1.807) is 23.4 Å². The van der Waals surface area contributed by atoms with Gasteiger partial charge in [0.1, 0.15) is 5.82 Å². The van der Waals surface area contributed by atoms with Gasteiger partial charge in [0, 0.05) is 48.0 Å². The largest absolute Gasteiger partial charge is 0.339 e. The predicted octanol–water partition coefficient (Wildman–Crippen LogP) is 4.72. The lowest BCUT2D eigenvalue weighted by Gasteiger charge is -2.31. The molecule has 0 aromatic carbocycles. The minimum absolute atomic E-state index is 0.00567. The summed E-state index contributed by atoms with van der Waals surface area (Å²) in [6, 6.07) is 7.07. The summed E-state index contributed by atoms with van der Waals surface area (Å²) in [5.74, 6) is 0.194. The summed E-state index contributed by atoms with van der Waals surface area (Å²) in [6.45, 7) is 0.521. The van der Waals surface area contributed by atoms with Gasteiger partial charge in [0.05, 0.1) is 23.2 Å². The van der Waals surface area contributed by atoms with Crippen LogP contribution in [0.4, 0.5) is 15.9 Å². The molecule has 6 rings (SSSR count).